The Bertz CT molecular complexity index is 975. The molecule has 1 aliphatic rings. The Balaban J connectivity index is 1.90. The van der Waals surface area contributed by atoms with E-state index in [1.807, 2.05) is 0 Å². The van der Waals surface area contributed by atoms with Crippen LogP contribution in [0.5, 0.6) is 17.2 Å². The molecule has 0 bridgehead atoms. The number of ether oxygens (including phenoxy) is 3. The zero-order valence-corrected chi connectivity index (χ0v) is 15.5. The average Bonchev–Trinajstić information content (AvgIpc) is 2.66. The van der Waals surface area contributed by atoms with Crippen molar-refractivity contribution in [2.24, 2.45) is 0 Å². The van der Waals surface area contributed by atoms with Crippen LogP contribution < -0.4 is 18.9 Å². The lowest BCUT2D eigenvalue weighted by Crippen LogP contribution is -2.27. The maximum absolute atomic E-state index is 12.8. The number of hydrogen-bond donors (Lipinski definition) is 1. The molecule has 2 aromatic carbocycles. The van der Waals surface area contributed by atoms with E-state index in [9.17, 15) is 18.5 Å². The molecule has 0 saturated carbocycles. The van der Waals surface area contributed by atoms with Crippen LogP contribution in [-0.4, -0.2) is 33.7 Å². The molecule has 0 spiro atoms. The number of fused-ring (bicyclic) bond motifs is 1. The van der Waals surface area contributed by atoms with Crippen molar-refractivity contribution >= 4 is 15.7 Å². The molecule has 144 valence electrons. The number of benzene rings is 2. The van der Waals surface area contributed by atoms with Gasteiger partial charge in [-0.1, -0.05) is 6.07 Å². The topological polar surface area (TPSA) is 117 Å². The number of nitrogens with zero attached hydrogens (tertiary/aromatic N) is 1. The van der Waals surface area contributed by atoms with Crippen LogP contribution in [-0.2, 0) is 10.0 Å². The molecule has 0 amide bonds. The highest BCUT2D eigenvalue weighted by atomic mass is 32.2. The Morgan fingerprint density at radius 3 is 2.52 bits per heavy atom. The minimum absolute atomic E-state index is 0.0162. The second-order valence-corrected chi connectivity index (χ2v) is 7.52. The quantitative estimate of drug-likeness (QED) is 0.590. The second-order valence-electron chi connectivity index (χ2n) is 5.84. The fourth-order valence-corrected chi connectivity index (χ4v) is 4.10. The van der Waals surface area contributed by atoms with Crippen molar-refractivity contribution in [3.8, 4) is 17.2 Å². The number of nitro groups is 1. The largest absolute Gasteiger partial charge is 0.495 e. The standard InChI is InChI=1S/C17H18N2O7S/c1-11(12-3-5-14-16(9-12)26-8-7-25-14)18-27(22,23)17-10-13(19(20)21)4-6-15(17)24-2/h3-6,9-11,18H,7-8H2,1-2H3/t11-/m1/s1. The van der Waals surface area contributed by atoms with Gasteiger partial charge in [-0.05, 0) is 30.7 Å². The minimum atomic E-state index is -4.08. The molecule has 1 atom stereocenters. The summed E-state index contributed by atoms with van der Waals surface area (Å²) in [6.45, 7) is 2.54. The Morgan fingerprint density at radius 2 is 1.85 bits per heavy atom. The summed E-state index contributed by atoms with van der Waals surface area (Å²) in [4.78, 5) is 10.0. The molecule has 0 aliphatic carbocycles. The summed E-state index contributed by atoms with van der Waals surface area (Å²) in [6.07, 6.45) is 0. The van der Waals surface area contributed by atoms with Crippen LogP contribution in [0, 0.1) is 10.1 Å². The van der Waals surface area contributed by atoms with Crippen LogP contribution in [0.2, 0.25) is 0 Å². The van der Waals surface area contributed by atoms with E-state index in [-0.39, 0.29) is 16.3 Å². The number of nitrogens with one attached hydrogen (secondary N) is 1. The molecule has 1 aliphatic heterocycles. The first-order valence-electron chi connectivity index (χ1n) is 8.06. The van der Waals surface area contributed by atoms with E-state index in [2.05, 4.69) is 4.72 Å². The SMILES string of the molecule is COc1ccc([N+](=O)[O-])cc1S(=O)(=O)N[C@H](C)c1ccc2c(c1)OCCO2. The summed E-state index contributed by atoms with van der Waals surface area (Å²) in [6, 6.07) is 7.93. The molecule has 3 rings (SSSR count). The van der Waals surface area contributed by atoms with Crippen LogP contribution in [0.1, 0.15) is 18.5 Å². The van der Waals surface area contributed by atoms with Crippen LogP contribution in [0.25, 0.3) is 0 Å². The van der Waals surface area contributed by atoms with Crippen molar-refractivity contribution in [3.63, 3.8) is 0 Å². The molecule has 0 fully saturated rings. The van der Waals surface area contributed by atoms with E-state index in [0.29, 0.717) is 30.3 Å². The summed E-state index contributed by atoms with van der Waals surface area (Å²) in [5, 5.41) is 11.0. The first-order chi connectivity index (χ1) is 12.8. The predicted molar refractivity (Wildman–Crippen MR) is 95.8 cm³/mol. The van der Waals surface area contributed by atoms with Crippen molar-refractivity contribution in [1.82, 2.24) is 4.72 Å². The smallest absolute Gasteiger partial charge is 0.271 e. The van der Waals surface area contributed by atoms with Crippen LogP contribution in [0.3, 0.4) is 0 Å². The van der Waals surface area contributed by atoms with Crippen molar-refractivity contribution in [1.29, 1.82) is 0 Å². The molecule has 1 heterocycles. The van der Waals surface area contributed by atoms with Crippen LogP contribution >= 0.6 is 0 Å². The first kappa shape index (κ1) is 18.9. The predicted octanol–water partition coefficient (Wildman–Crippen LogP) is 2.41. The van der Waals surface area contributed by atoms with Gasteiger partial charge in [-0.15, -0.1) is 0 Å². The van der Waals surface area contributed by atoms with E-state index in [1.165, 1.54) is 19.2 Å². The third-order valence-corrected chi connectivity index (χ3v) is 5.61. The maximum atomic E-state index is 12.8. The van der Waals surface area contributed by atoms with Gasteiger partial charge in [0.1, 0.15) is 23.9 Å². The van der Waals surface area contributed by atoms with Crippen LogP contribution in [0.4, 0.5) is 5.69 Å². The summed E-state index contributed by atoms with van der Waals surface area (Å²) >= 11 is 0. The molecule has 1 N–H and O–H groups in total. The maximum Gasteiger partial charge on any atom is 0.271 e. The highest BCUT2D eigenvalue weighted by Gasteiger charge is 2.26. The summed E-state index contributed by atoms with van der Waals surface area (Å²) in [5.41, 5.74) is 0.315. The average molecular weight is 394 g/mol. The Hall–Kier alpha value is -2.85. The van der Waals surface area contributed by atoms with Gasteiger partial charge in [-0.3, -0.25) is 10.1 Å². The highest BCUT2D eigenvalue weighted by Crippen LogP contribution is 2.34. The first-order valence-corrected chi connectivity index (χ1v) is 9.54. The Morgan fingerprint density at radius 1 is 1.15 bits per heavy atom. The zero-order valence-electron chi connectivity index (χ0n) is 14.7. The van der Waals surface area contributed by atoms with Gasteiger partial charge in [0, 0.05) is 18.2 Å². The number of sulfonamides is 1. The third-order valence-electron chi connectivity index (χ3n) is 4.05. The molecule has 2 aromatic rings. The van der Waals surface area contributed by atoms with Crippen molar-refractivity contribution in [2.45, 2.75) is 17.9 Å². The molecule has 0 saturated heterocycles. The normalized spacial score (nSPS) is 14.4. The summed E-state index contributed by atoms with van der Waals surface area (Å²) in [5.74, 6) is 1.15. The lowest BCUT2D eigenvalue weighted by atomic mass is 10.1. The molecule has 27 heavy (non-hydrogen) atoms. The summed E-state index contributed by atoms with van der Waals surface area (Å²) in [7, 11) is -2.78. The summed E-state index contributed by atoms with van der Waals surface area (Å²) < 4.78 is 44.1. The van der Waals surface area contributed by atoms with E-state index in [4.69, 9.17) is 14.2 Å². The Kier molecular flexibility index (Phi) is 5.19. The number of non-ortho nitro benzene ring substituents is 1. The van der Waals surface area contributed by atoms with E-state index in [0.717, 1.165) is 6.07 Å². The van der Waals surface area contributed by atoms with Gasteiger partial charge in [0.25, 0.3) is 5.69 Å². The fraction of sp³-hybridized carbons (Fsp3) is 0.294. The van der Waals surface area contributed by atoms with Crippen molar-refractivity contribution in [2.75, 3.05) is 20.3 Å². The van der Waals surface area contributed by atoms with Crippen molar-refractivity contribution in [3.05, 3.63) is 52.1 Å². The lowest BCUT2D eigenvalue weighted by molar-refractivity contribution is -0.385. The molecule has 10 heteroatoms. The minimum Gasteiger partial charge on any atom is -0.495 e. The molecule has 0 aromatic heterocycles. The van der Waals surface area contributed by atoms with Crippen LogP contribution in [0.15, 0.2) is 41.3 Å². The second kappa shape index (κ2) is 7.41. The molecular weight excluding hydrogens is 376 g/mol. The number of rotatable bonds is 6. The third kappa shape index (κ3) is 3.96. The van der Waals surface area contributed by atoms with Gasteiger partial charge >= 0.3 is 0 Å². The van der Waals surface area contributed by atoms with Crippen molar-refractivity contribution < 1.29 is 27.6 Å². The van der Waals surface area contributed by atoms with Gasteiger partial charge in [0.15, 0.2) is 11.5 Å². The fourth-order valence-electron chi connectivity index (χ4n) is 2.68. The molecular formula is C17H18N2O7S. The number of nitro benzene ring substituents is 1. The van der Waals surface area contributed by atoms with E-state index >= 15 is 0 Å². The zero-order chi connectivity index (χ0) is 19.6. The van der Waals surface area contributed by atoms with Gasteiger partial charge < -0.3 is 14.2 Å². The molecule has 9 nitrogen and oxygen atoms in total. The monoisotopic (exact) mass is 394 g/mol. The highest BCUT2D eigenvalue weighted by molar-refractivity contribution is 7.89. The Labute approximate surface area is 156 Å². The van der Waals surface area contributed by atoms with Gasteiger partial charge in [-0.25, -0.2) is 13.1 Å². The lowest BCUT2D eigenvalue weighted by Gasteiger charge is -2.21. The molecule has 0 unspecified atom stereocenters. The van der Waals surface area contributed by atoms with E-state index in [1.54, 1.807) is 25.1 Å². The van der Waals surface area contributed by atoms with E-state index < -0.39 is 21.0 Å². The van der Waals surface area contributed by atoms with Gasteiger partial charge in [-0.2, -0.15) is 0 Å². The number of hydrogen-bond acceptors (Lipinski definition) is 7. The number of methoxy groups -OCH3 is 1. The van der Waals surface area contributed by atoms with Gasteiger partial charge in [0.05, 0.1) is 12.0 Å². The molecule has 0 radical (unpaired) electrons. The van der Waals surface area contributed by atoms with Gasteiger partial charge in [0.2, 0.25) is 10.0 Å².